The van der Waals surface area contributed by atoms with Gasteiger partial charge in [0.15, 0.2) is 0 Å². The van der Waals surface area contributed by atoms with E-state index in [1.54, 1.807) is 55.6 Å². The molecular formula is C25H26ClN3O5S. The maximum absolute atomic E-state index is 13.7. The maximum Gasteiger partial charge on any atom is 0.257 e. The van der Waals surface area contributed by atoms with Gasteiger partial charge in [0, 0.05) is 31.1 Å². The van der Waals surface area contributed by atoms with Gasteiger partial charge in [-0.2, -0.15) is 0 Å². The average Bonchev–Trinajstić information content (AvgIpc) is 2.86. The first kappa shape index (κ1) is 26.2. The van der Waals surface area contributed by atoms with Crippen molar-refractivity contribution in [2.75, 3.05) is 19.1 Å². The van der Waals surface area contributed by atoms with Crippen molar-refractivity contribution in [3.8, 4) is 5.75 Å². The van der Waals surface area contributed by atoms with E-state index in [0.29, 0.717) is 16.5 Å². The van der Waals surface area contributed by atoms with Gasteiger partial charge in [-0.25, -0.2) is 8.42 Å². The van der Waals surface area contributed by atoms with Gasteiger partial charge in [0.1, 0.15) is 11.8 Å². The van der Waals surface area contributed by atoms with Gasteiger partial charge >= 0.3 is 0 Å². The number of hydrogen-bond acceptors (Lipinski definition) is 5. The number of likely N-dealkylation sites (N-methyl/N-ethyl adjacent to an activating group) is 1. The van der Waals surface area contributed by atoms with Crippen LogP contribution in [0.2, 0.25) is 5.02 Å². The number of nitrogens with one attached hydrogen (secondary N) is 1. The van der Waals surface area contributed by atoms with Gasteiger partial charge in [-0.15, -0.1) is 4.83 Å². The Hall–Kier alpha value is -3.40. The van der Waals surface area contributed by atoms with E-state index >= 15 is 0 Å². The minimum absolute atomic E-state index is 0.0862. The Morgan fingerprint density at radius 3 is 2.11 bits per heavy atom. The topological polar surface area (TPSA) is 96.0 Å². The Morgan fingerprint density at radius 1 is 0.971 bits per heavy atom. The van der Waals surface area contributed by atoms with Crippen molar-refractivity contribution in [1.82, 2.24) is 9.84 Å². The number of carbonyl (C=O) groups is 2. The third-order valence-corrected chi connectivity index (χ3v) is 6.92. The SMILES string of the molecule is COc1ccc(N(C)C(=O)[C@H](Cc2ccccc2)N(NS(=O)(=O)c2ccc(Cl)cc2)C(C)=O)cc1. The van der Waals surface area contributed by atoms with Crippen molar-refractivity contribution in [2.45, 2.75) is 24.3 Å². The summed E-state index contributed by atoms with van der Waals surface area (Å²) in [6.07, 6.45) is 0.0862. The van der Waals surface area contributed by atoms with E-state index in [-0.39, 0.29) is 11.3 Å². The van der Waals surface area contributed by atoms with E-state index in [2.05, 4.69) is 4.83 Å². The van der Waals surface area contributed by atoms with Crippen molar-refractivity contribution in [1.29, 1.82) is 0 Å². The van der Waals surface area contributed by atoms with Gasteiger partial charge < -0.3 is 9.64 Å². The summed E-state index contributed by atoms with van der Waals surface area (Å²) in [5, 5.41) is 1.23. The zero-order chi connectivity index (χ0) is 25.6. The molecule has 0 aromatic heterocycles. The first-order valence-electron chi connectivity index (χ1n) is 10.7. The van der Waals surface area contributed by atoms with Crippen LogP contribution in [0.15, 0.2) is 83.8 Å². The number of hydrogen-bond donors (Lipinski definition) is 1. The third kappa shape index (κ3) is 6.60. The number of benzene rings is 3. The summed E-state index contributed by atoms with van der Waals surface area (Å²) in [6.45, 7) is 1.20. The monoisotopic (exact) mass is 515 g/mol. The van der Waals surface area contributed by atoms with Crippen LogP contribution in [0, 0.1) is 0 Å². The van der Waals surface area contributed by atoms with Gasteiger partial charge in [0.05, 0.1) is 12.0 Å². The molecule has 0 aliphatic carbocycles. The van der Waals surface area contributed by atoms with E-state index in [0.717, 1.165) is 10.6 Å². The molecule has 0 fully saturated rings. The fourth-order valence-electron chi connectivity index (χ4n) is 3.43. The fourth-order valence-corrected chi connectivity index (χ4v) is 4.67. The first-order chi connectivity index (χ1) is 16.6. The number of methoxy groups -OCH3 is 1. The maximum atomic E-state index is 13.7. The lowest BCUT2D eigenvalue weighted by molar-refractivity contribution is -0.139. The molecule has 3 aromatic carbocycles. The Bertz CT molecular complexity index is 1270. The molecule has 8 nitrogen and oxygen atoms in total. The molecule has 3 rings (SSSR count). The van der Waals surface area contributed by atoms with Crippen LogP contribution in [0.1, 0.15) is 12.5 Å². The lowest BCUT2D eigenvalue weighted by Gasteiger charge is -2.33. The summed E-state index contributed by atoms with van der Waals surface area (Å²) in [5.74, 6) is -0.496. The molecule has 0 saturated heterocycles. The summed E-state index contributed by atoms with van der Waals surface area (Å²) < 4.78 is 31.3. The van der Waals surface area contributed by atoms with Crippen LogP contribution < -0.4 is 14.5 Å². The predicted octanol–water partition coefficient (Wildman–Crippen LogP) is 3.66. The van der Waals surface area contributed by atoms with E-state index in [9.17, 15) is 18.0 Å². The highest BCUT2D eigenvalue weighted by molar-refractivity contribution is 7.89. The predicted molar refractivity (Wildman–Crippen MR) is 135 cm³/mol. The molecule has 1 N–H and O–H groups in total. The van der Waals surface area contributed by atoms with Crippen molar-refractivity contribution in [2.24, 2.45) is 0 Å². The third-order valence-electron chi connectivity index (χ3n) is 5.34. The van der Waals surface area contributed by atoms with Gasteiger partial charge in [-0.3, -0.25) is 14.6 Å². The summed E-state index contributed by atoms with van der Waals surface area (Å²) >= 11 is 5.87. The number of sulfonamides is 1. The molecule has 1 atom stereocenters. The van der Waals surface area contributed by atoms with E-state index in [1.807, 2.05) is 6.07 Å². The molecule has 0 aliphatic heterocycles. The van der Waals surface area contributed by atoms with Gasteiger partial charge in [-0.1, -0.05) is 41.9 Å². The minimum Gasteiger partial charge on any atom is -0.497 e. The average molecular weight is 516 g/mol. The molecular weight excluding hydrogens is 490 g/mol. The second-order valence-corrected chi connectivity index (χ2v) is 9.84. The van der Waals surface area contributed by atoms with Crippen molar-refractivity contribution in [3.05, 3.63) is 89.4 Å². The van der Waals surface area contributed by atoms with E-state index < -0.39 is 27.9 Å². The van der Waals surface area contributed by atoms with Crippen LogP contribution in [0.25, 0.3) is 0 Å². The Morgan fingerprint density at radius 2 is 1.57 bits per heavy atom. The molecule has 0 radical (unpaired) electrons. The number of ether oxygens (including phenoxy) is 1. The molecule has 0 saturated carbocycles. The molecule has 0 unspecified atom stereocenters. The highest BCUT2D eigenvalue weighted by Gasteiger charge is 2.34. The Labute approximate surface area is 210 Å². The quantitative estimate of drug-likeness (QED) is 0.439. The summed E-state index contributed by atoms with van der Waals surface area (Å²) in [4.78, 5) is 29.9. The largest absolute Gasteiger partial charge is 0.497 e. The first-order valence-corrected chi connectivity index (χ1v) is 12.5. The lowest BCUT2D eigenvalue weighted by Crippen LogP contribution is -2.57. The smallest absolute Gasteiger partial charge is 0.257 e. The number of anilines is 1. The molecule has 0 aliphatic rings. The lowest BCUT2D eigenvalue weighted by atomic mass is 10.0. The van der Waals surface area contributed by atoms with Crippen molar-refractivity contribution in [3.63, 3.8) is 0 Å². The Balaban J connectivity index is 1.98. The Kier molecular flexibility index (Phi) is 8.50. The normalized spacial score (nSPS) is 12.0. The zero-order valence-corrected chi connectivity index (χ0v) is 21.1. The van der Waals surface area contributed by atoms with Gasteiger partial charge in [0.25, 0.3) is 15.9 Å². The zero-order valence-electron chi connectivity index (χ0n) is 19.5. The van der Waals surface area contributed by atoms with Crippen molar-refractivity contribution >= 4 is 39.1 Å². The van der Waals surface area contributed by atoms with Crippen LogP contribution in [0.5, 0.6) is 5.75 Å². The van der Waals surface area contributed by atoms with Crippen LogP contribution in [0.4, 0.5) is 5.69 Å². The van der Waals surface area contributed by atoms with Gasteiger partial charge in [0.2, 0.25) is 5.91 Å². The van der Waals surface area contributed by atoms with Crippen LogP contribution in [-0.4, -0.2) is 45.4 Å². The number of amides is 2. The number of nitrogens with zero attached hydrogens (tertiary/aromatic N) is 2. The fraction of sp³-hybridized carbons (Fsp3) is 0.200. The second-order valence-electron chi connectivity index (χ2n) is 7.74. The van der Waals surface area contributed by atoms with Crippen LogP contribution in [0.3, 0.4) is 0 Å². The van der Waals surface area contributed by atoms with Crippen LogP contribution >= 0.6 is 11.6 Å². The number of carbonyl (C=O) groups excluding carboxylic acids is 2. The molecule has 2 amide bonds. The highest BCUT2D eigenvalue weighted by atomic mass is 35.5. The molecule has 0 heterocycles. The molecule has 10 heteroatoms. The van der Waals surface area contributed by atoms with E-state index in [1.165, 1.54) is 43.2 Å². The molecule has 3 aromatic rings. The van der Waals surface area contributed by atoms with E-state index in [4.69, 9.17) is 16.3 Å². The highest BCUT2D eigenvalue weighted by Crippen LogP contribution is 2.22. The number of rotatable bonds is 9. The molecule has 0 bridgehead atoms. The van der Waals surface area contributed by atoms with Gasteiger partial charge in [-0.05, 0) is 54.1 Å². The van der Waals surface area contributed by atoms with Crippen LogP contribution in [-0.2, 0) is 26.0 Å². The summed E-state index contributed by atoms with van der Waals surface area (Å²) in [5.41, 5.74) is 1.31. The summed E-state index contributed by atoms with van der Waals surface area (Å²) in [7, 11) is -1.08. The van der Waals surface area contributed by atoms with Crippen molar-refractivity contribution < 1.29 is 22.7 Å². The standard InChI is InChI=1S/C25H26ClN3O5S/c1-18(30)29(27-35(32,33)23-15-9-20(26)10-16-23)24(17-19-7-5-4-6-8-19)25(31)28(2)21-11-13-22(34-3)14-12-21/h4-16,24,27H,17H2,1-3H3/t24-/m0/s1. The molecule has 184 valence electrons. The molecule has 35 heavy (non-hydrogen) atoms. The summed E-state index contributed by atoms with van der Waals surface area (Å²) in [6, 6.07) is 20.2. The minimum atomic E-state index is -4.18. The molecule has 0 spiro atoms. The second kappa shape index (κ2) is 11.4. The number of hydrazine groups is 1. The number of halogens is 1.